The number of aryl methyl sites for hydroxylation is 1. The van der Waals surface area contributed by atoms with E-state index < -0.39 is 12.6 Å². The average molecular weight is 397 g/mol. The maximum Gasteiger partial charge on any atom is 0.340 e. The lowest BCUT2D eigenvalue weighted by atomic mass is 10.2. The number of nitrogens with zero attached hydrogens (tertiary/aromatic N) is 3. The number of hydrogen-bond acceptors (Lipinski definition) is 5. The molecule has 0 unspecified atom stereocenters. The molecule has 0 fully saturated rings. The van der Waals surface area contributed by atoms with Crippen LogP contribution in [-0.2, 0) is 16.1 Å². The molecule has 0 aliphatic heterocycles. The summed E-state index contributed by atoms with van der Waals surface area (Å²) in [6, 6.07) is 10.8. The molecule has 0 saturated carbocycles. The Morgan fingerprint density at radius 3 is 2.41 bits per heavy atom. The Labute approximate surface area is 171 Å². The minimum Gasteiger partial charge on any atom is -0.494 e. The molecule has 7 heteroatoms. The van der Waals surface area contributed by atoms with Crippen LogP contribution >= 0.6 is 0 Å². The van der Waals surface area contributed by atoms with Gasteiger partial charge in [0.1, 0.15) is 5.75 Å². The monoisotopic (exact) mass is 397 g/mol. The Balaban J connectivity index is 2.09. The van der Waals surface area contributed by atoms with Crippen LogP contribution in [0.1, 0.15) is 42.0 Å². The topological polar surface area (TPSA) is 84.6 Å². The van der Waals surface area contributed by atoms with Crippen LogP contribution in [0.15, 0.2) is 30.3 Å². The van der Waals surface area contributed by atoms with Gasteiger partial charge in [0, 0.05) is 30.2 Å². The number of carbonyl (C=O) groups excluding carboxylic acids is 2. The first-order valence-corrected chi connectivity index (χ1v) is 9.66. The summed E-state index contributed by atoms with van der Waals surface area (Å²) in [6.45, 7) is 8.79. The predicted octanol–water partition coefficient (Wildman–Crippen LogP) is 3.63. The molecular weight excluding hydrogens is 370 g/mol. The van der Waals surface area contributed by atoms with Gasteiger partial charge in [0.15, 0.2) is 6.61 Å². The highest BCUT2D eigenvalue weighted by atomic mass is 16.5. The van der Waals surface area contributed by atoms with E-state index >= 15 is 0 Å². The molecule has 0 aliphatic rings. The highest BCUT2D eigenvalue weighted by Gasteiger charge is 2.21. The standard InChI is InChI=1S/C22H27N3O4/c1-5-24-16(3)14-20(17(24)4)22(27)29-15-21(26)25(13-7-12-23)18-8-10-19(11-9-18)28-6-2/h8-11,14H,5-7,13,15H2,1-4H3. The van der Waals surface area contributed by atoms with Gasteiger partial charge in [-0.15, -0.1) is 0 Å². The Hall–Kier alpha value is -3.27. The van der Waals surface area contributed by atoms with Gasteiger partial charge in [0.25, 0.3) is 5.91 Å². The molecule has 1 amide bonds. The van der Waals surface area contributed by atoms with Gasteiger partial charge in [-0.05, 0) is 58.0 Å². The molecule has 2 rings (SSSR count). The summed E-state index contributed by atoms with van der Waals surface area (Å²) in [7, 11) is 0. The molecule has 0 spiro atoms. The zero-order valence-electron chi connectivity index (χ0n) is 17.4. The number of carbonyl (C=O) groups is 2. The van der Waals surface area contributed by atoms with Crippen LogP contribution in [0.5, 0.6) is 5.75 Å². The van der Waals surface area contributed by atoms with Crippen LogP contribution in [-0.4, -0.2) is 36.2 Å². The molecule has 2 aromatic rings. The van der Waals surface area contributed by atoms with E-state index in [1.807, 2.05) is 38.3 Å². The molecular formula is C22H27N3O4. The third kappa shape index (κ3) is 5.38. The molecule has 0 N–H and O–H groups in total. The maximum absolute atomic E-state index is 12.7. The molecule has 0 saturated heterocycles. The fourth-order valence-electron chi connectivity index (χ4n) is 3.23. The van der Waals surface area contributed by atoms with Crippen LogP contribution < -0.4 is 9.64 Å². The van der Waals surface area contributed by atoms with Crippen LogP contribution in [0.25, 0.3) is 0 Å². The van der Waals surface area contributed by atoms with Crippen molar-refractivity contribution in [2.24, 2.45) is 0 Å². The highest BCUT2D eigenvalue weighted by molar-refractivity contribution is 5.97. The smallest absolute Gasteiger partial charge is 0.340 e. The summed E-state index contributed by atoms with van der Waals surface area (Å²) >= 11 is 0. The Morgan fingerprint density at radius 1 is 1.17 bits per heavy atom. The molecule has 0 radical (unpaired) electrons. The lowest BCUT2D eigenvalue weighted by Crippen LogP contribution is -2.35. The number of hydrogen-bond donors (Lipinski definition) is 0. The number of esters is 1. The summed E-state index contributed by atoms with van der Waals surface area (Å²) in [5.41, 5.74) is 2.86. The maximum atomic E-state index is 12.7. The quantitative estimate of drug-likeness (QED) is 0.603. The van der Waals surface area contributed by atoms with E-state index in [1.54, 1.807) is 30.3 Å². The normalized spacial score (nSPS) is 10.3. The fraction of sp³-hybridized carbons (Fsp3) is 0.409. The highest BCUT2D eigenvalue weighted by Crippen LogP contribution is 2.21. The van der Waals surface area contributed by atoms with Crippen molar-refractivity contribution < 1.29 is 19.1 Å². The first-order chi connectivity index (χ1) is 13.9. The van der Waals surface area contributed by atoms with Crippen molar-refractivity contribution in [3.63, 3.8) is 0 Å². The third-order valence-corrected chi connectivity index (χ3v) is 4.64. The van der Waals surface area contributed by atoms with E-state index in [9.17, 15) is 9.59 Å². The van der Waals surface area contributed by atoms with Crippen molar-refractivity contribution in [3.8, 4) is 11.8 Å². The van der Waals surface area contributed by atoms with Gasteiger partial charge < -0.3 is 18.9 Å². The summed E-state index contributed by atoms with van der Waals surface area (Å²) in [4.78, 5) is 26.6. The molecule has 29 heavy (non-hydrogen) atoms. The van der Waals surface area contributed by atoms with Crippen molar-refractivity contribution in [2.45, 2.75) is 40.7 Å². The van der Waals surface area contributed by atoms with E-state index in [0.717, 1.165) is 17.9 Å². The number of benzene rings is 1. The van der Waals surface area contributed by atoms with Crippen LogP contribution in [0.4, 0.5) is 5.69 Å². The Morgan fingerprint density at radius 2 is 1.86 bits per heavy atom. The summed E-state index contributed by atoms with van der Waals surface area (Å²) in [6.07, 6.45) is 0.171. The van der Waals surface area contributed by atoms with Crippen LogP contribution in [0.2, 0.25) is 0 Å². The second-order valence-electron chi connectivity index (χ2n) is 6.49. The van der Waals surface area contributed by atoms with E-state index in [4.69, 9.17) is 14.7 Å². The molecule has 1 aromatic carbocycles. The van der Waals surface area contributed by atoms with Gasteiger partial charge >= 0.3 is 5.97 Å². The number of aromatic nitrogens is 1. The van der Waals surface area contributed by atoms with Gasteiger partial charge in [0.2, 0.25) is 0 Å². The minimum absolute atomic E-state index is 0.171. The minimum atomic E-state index is -0.530. The van der Waals surface area contributed by atoms with E-state index in [0.29, 0.717) is 23.6 Å². The Kier molecular flexibility index (Phi) is 7.84. The molecule has 0 atom stereocenters. The molecule has 154 valence electrons. The van der Waals surface area contributed by atoms with Crippen LogP contribution in [0, 0.1) is 25.2 Å². The first kappa shape index (κ1) is 22.0. The third-order valence-electron chi connectivity index (χ3n) is 4.64. The van der Waals surface area contributed by atoms with Gasteiger partial charge in [0.05, 0.1) is 24.7 Å². The molecule has 0 bridgehead atoms. The molecule has 1 aromatic heterocycles. The van der Waals surface area contributed by atoms with Crippen molar-refractivity contribution in [1.29, 1.82) is 5.26 Å². The summed E-state index contributed by atoms with van der Waals surface area (Å²) in [5.74, 6) is -0.221. The lowest BCUT2D eigenvalue weighted by molar-refractivity contribution is -0.121. The number of rotatable bonds is 9. The predicted molar refractivity (Wildman–Crippen MR) is 110 cm³/mol. The summed E-state index contributed by atoms with van der Waals surface area (Å²) < 4.78 is 12.7. The lowest BCUT2D eigenvalue weighted by Gasteiger charge is -2.22. The second-order valence-corrected chi connectivity index (χ2v) is 6.49. The van der Waals surface area contributed by atoms with Crippen molar-refractivity contribution in [1.82, 2.24) is 4.57 Å². The van der Waals surface area contributed by atoms with Crippen molar-refractivity contribution in [3.05, 3.63) is 47.3 Å². The second kappa shape index (κ2) is 10.3. The van der Waals surface area contributed by atoms with Gasteiger partial charge in [-0.3, -0.25) is 4.79 Å². The zero-order valence-corrected chi connectivity index (χ0v) is 17.4. The van der Waals surface area contributed by atoms with Crippen molar-refractivity contribution in [2.75, 3.05) is 24.7 Å². The summed E-state index contributed by atoms with van der Waals surface area (Å²) in [5, 5.41) is 8.91. The van der Waals surface area contributed by atoms with E-state index in [-0.39, 0.29) is 18.9 Å². The number of anilines is 1. The van der Waals surface area contributed by atoms with Gasteiger partial charge in [-0.25, -0.2) is 4.79 Å². The zero-order chi connectivity index (χ0) is 21.4. The Bertz CT molecular complexity index is 894. The van der Waals surface area contributed by atoms with E-state index in [2.05, 4.69) is 0 Å². The largest absolute Gasteiger partial charge is 0.494 e. The van der Waals surface area contributed by atoms with Crippen LogP contribution in [0.3, 0.4) is 0 Å². The molecule has 1 heterocycles. The van der Waals surface area contributed by atoms with Gasteiger partial charge in [-0.1, -0.05) is 0 Å². The number of ether oxygens (including phenoxy) is 2. The fourth-order valence-corrected chi connectivity index (χ4v) is 3.23. The average Bonchev–Trinajstić information content (AvgIpc) is 3.01. The molecule has 0 aliphatic carbocycles. The molecule has 7 nitrogen and oxygen atoms in total. The number of nitriles is 1. The van der Waals surface area contributed by atoms with Gasteiger partial charge in [-0.2, -0.15) is 5.26 Å². The van der Waals surface area contributed by atoms with Crippen molar-refractivity contribution >= 4 is 17.6 Å². The number of amides is 1. The SMILES string of the molecule is CCOc1ccc(N(CCC#N)C(=O)COC(=O)c2cc(C)n(CC)c2C)cc1. The first-order valence-electron chi connectivity index (χ1n) is 9.66. The van der Waals surface area contributed by atoms with E-state index in [1.165, 1.54) is 4.90 Å².